The topological polar surface area (TPSA) is 29.5 Å². The molecule has 2 unspecified atom stereocenters. The van der Waals surface area contributed by atoms with Gasteiger partial charge in [0.05, 0.1) is 12.7 Å². The fourth-order valence-electron chi connectivity index (χ4n) is 1.89. The van der Waals surface area contributed by atoms with Crippen LogP contribution in [-0.2, 0) is 9.67 Å². The Morgan fingerprint density at radius 1 is 1.47 bits per heavy atom. The van der Waals surface area contributed by atoms with E-state index in [0.717, 1.165) is 12.2 Å². The molecule has 1 aliphatic heterocycles. The van der Waals surface area contributed by atoms with Crippen LogP contribution in [0.25, 0.3) is 0 Å². The van der Waals surface area contributed by atoms with Gasteiger partial charge in [-0.3, -0.25) is 0 Å². The lowest BCUT2D eigenvalue weighted by Crippen LogP contribution is -2.25. The Labute approximate surface area is 94.6 Å². The lowest BCUT2D eigenvalue weighted by atomic mass is 10.1. The smallest absolute Gasteiger partial charge is 0.139 e. The number of aliphatic hydroxyl groups excluding tert-OH is 1. The first-order valence-corrected chi connectivity index (χ1v) is 6.27. The van der Waals surface area contributed by atoms with Gasteiger partial charge in [-0.15, -0.1) is 11.8 Å². The first-order chi connectivity index (χ1) is 7.30. The standard InChI is InChI=1S/C12H16O2S/c1-2-12(10-6-4-3-5-7-10)14-11(8-13)9-15-12/h3-7,11,13H,2,8-9H2,1H3. The Morgan fingerprint density at radius 3 is 2.73 bits per heavy atom. The van der Waals surface area contributed by atoms with Crippen molar-refractivity contribution in [2.24, 2.45) is 0 Å². The normalized spacial score (nSPS) is 30.7. The molecule has 1 aliphatic rings. The maximum atomic E-state index is 9.10. The van der Waals surface area contributed by atoms with Crippen LogP contribution in [0.5, 0.6) is 0 Å². The summed E-state index contributed by atoms with van der Waals surface area (Å²) in [6, 6.07) is 10.3. The van der Waals surface area contributed by atoms with Gasteiger partial charge in [0.2, 0.25) is 0 Å². The first kappa shape index (κ1) is 11.0. The Bertz CT molecular complexity index is 315. The third-order valence-electron chi connectivity index (χ3n) is 2.74. The monoisotopic (exact) mass is 224 g/mol. The highest BCUT2D eigenvalue weighted by molar-refractivity contribution is 8.00. The van der Waals surface area contributed by atoms with Crippen LogP contribution in [0.15, 0.2) is 30.3 Å². The molecule has 1 fully saturated rings. The number of thioether (sulfide) groups is 1. The van der Waals surface area contributed by atoms with Crippen LogP contribution in [0.3, 0.4) is 0 Å². The van der Waals surface area contributed by atoms with E-state index in [1.54, 1.807) is 11.8 Å². The summed E-state index contributed by atoms with van der Waals surface area (Å²) in [5, 5.41) is 9.10. The third kappa shape index (κ3) is 2.05. The maximum absolute atomic E-state index is 9.10. The molecule has 2 atom stereocenters. The molecule has 1 aromatic carbocycles. The van der Waals surface area contributed by atoms with Crippen LogP contribution in [0, 0.1) is 0 Å². The minimum Gasteiger partial charge on any atom is -0.394 e. The molecule has 1 heterocycles. The molecule has 0 saturated carbocycles. The Kier molecular flexibility index (Phi) is 3.34. The molecule has 1 N–H and O–H groups in total. The third-order valence-corrected chi connectivity index (χ3v) is 4.37. The van der Waals surface area contributed by atoms with Gasteiger partial charge < -0.3 is 9.84 Å². The molecule has 0 amide bonds. The minimum absolute atomic E-state index is 0.0184. The summed E-state index contributed by atoms with van der Waals surface area (Å²) in [6.45, 7) is 2.24. The molecule has 2 rings (SSSR count). The van der Waals surface area contributed by atoms with Crippen molar-refractivity contribution in [3.05, 3.63) is 35.9 Å². The van der Waals surface area contributed by atoms with Gasteiger partial charge in [-0.1, -0.05) is 37.3 Å². The van der Waals surface area contributed by atoms with Crippen LogP contribution in [0.2, 0.25) is 0 Å². The number of rotatable bonds is 3. The zero-order chi connectivity index (χ0) is 10.7. The number of ether oxygens (including phenoxy) is 1. The summed E-state index contributed by atoms with van der Waals surface area (Å²) < 4.78 is 5.95. The second-order valence-corrected chi connectivity index (χ2v) is 4.99. The highest BCUT2D eigenvalue weighted by Crippen LogP contribution is 2.47. The summed E-state index contributed by atoms with van der Waals surface area (Å²) in [5.74, 6) is 0.874. The number of hydrogen-bond donors (Lipinski definition) is 1. The zero-order valence-electron chi connectivity index (χ0n) is 8.85. The van der Waals surface area contributed by atoms with Crippen molar-refractivity contribution < 1.29 is 9.84 Å². The Balaban J connectivity index is 2.24. The van der Waals surface area contributed by atoms with Crippen LogP contribution in [-0.4, -0.2) is 23.6 Å². The fraction of sp³-hybridized carbons (Fsp3) is 0.500. The van der Waals surface area contributed by atoms with E-state index in [-0.39, 0.29) is 17.6 Å². The van der Waals surface area contributed by atoms with Crippen LogP contribution < -0.4 is 0 Å². The van der Waals surface area contributed by atoms with E-state index in [1.807, 2.05) is 18.2 Å². The lowest BCUT2D eigenvalue weighted by Gasteiger charge is -2.27. The van der Waals surface area contributed by atoms with E-state index in [4.69, 9.17) is 9.84 Å². The summed E-state index contributed by atoms with van der Waals surface area (Å²) in [5.41, 5.74) is 1.20. The molecular weight excluding hydrogens is 208 g/mol. The average molecular weight is 224 g/mol. The molecule has 0 bridgehead atoms. The van der Waals surface area contributed by atoms with Gasteiger partial charge in [0.1, 0.15) is 4.93 Å². The summed E-state index contributed by atoms with van der Waals surface area (Å²) in [6.07, 6.45) is 0.910. The molecule has 0 spiro atoms. The molecule has 1 aromatic rings. The second kappa shape index (κ2) is 4.56. The van der Waals surface area contributed by atoms with E-state index in [9.17, 15) is 0 Å². The van der Waals surface area contributed by atoms with Gasteiger partial charge in [0.15, 0.2) is 0 Å². The van der Waals surface area contributed by atoms with E-state index in [2.05, 4.69) is 19.1 Å². The van der Waals surface area contributed by atoms with Crippen molar-refractivity contribution in [2.75, 3.05) is 12.4 Å². The molecule has 2 nitrogen and oxygen atoms in total. The number of hydrogen-bond acceptors (Lipinski definition) is 3. The van der Waals surface area contributed by atoms with E-state index in [0.29, 0.717) is 0 Å². The second-order valence-electron chi connectivity index (χ2n) is 3.71. The highest BCUT2D eigenvalue weighted by atomic mass is 32.2. The summed E-state index contributed by atoms with van der Waals surface area (Å²) in [4.78, 5) is -0.241. The number of aliphatic hydroxyl groups is 1. The predicted octanol–water partition coefficient (Wildman–Crippen LogP) is 2.37. The van der Waals surface area contributed by atoms with E-state index >= 15 is 0 Å². The molecule has 15 heavy (non-hydrogen) atoms. The lowest BCUT2D eigenvalue weighted by molar-refractivity contribution is -0.0364. The molecular formula is C12H16O2S. The van der Waals surface area contributed by atoms with Crippen molar-refractivity contribution in [3.8, 4) is 0 Å². The highest BCUT2D eigenvalue weighted by Gasteiger charge is 2.40. The largest absolute Gasteiger partial charge is 0.394 e. The van der Waals surface area contributed by atoms with Gasteiger partial charge in [0, 0.05) is 5.75 Å². The maximum Gasteiger partial charge on any atom is 0.139 e. The van der Waals surface area contributed by atoms with Gasteiger partial charge in [0.25, 0.3) is 0 Å². The van der Waals surface area contributed by atoms with Crippen molar-refractivity contribution >= 4 is 11.8 Å². The number of benzene rings is 1. The summed E-state index contributed by atoms with van der Waals surface area (Å²) in [7, 11) is 0. The van der Waals surface area contributed by atoms with Crippen molar-refractivity contribution in [1.29, 1.82) is 0 Å². The van der Waals surface area contributed by atoms with Crippen molar-refractivity contribution in [3.63, 3.8) is 0 Å². The Morgan fingerprint density at radius 2 is 2.20 bits per heavy atom. The zero-order valence-corrected chi connectivity index (χ0v) is 9.67. The summed E-state index contributed by atoms with van der Waals surface area (Å²) >= 11 is 1.79. The average Bonchev–Trinajstić information content (AvgIpc) is 2.75. The SMILES string of the molecule is CCC1(c2ccccc2)OC(CO)CS1. The van der Waals surface area contributed by atoms with Crippen LogP contribution >= 0.6 is 11.8 Å². The quantitative estimate of drug-likeness (QED) is 0.854. The predicted molar refractivity (Wildman–Crippen MR) is 62.8 cm³/mol. The van der Waals surface area contributed by atoms with E-state index in [1.165, 1.54) is 5.56 Å². The first-order valence-electron chi connectivity index (χ1n) is 5.29. The molecule has 1 saturated heterocycles. The van der Waals surface area contributed by atoms with E-state index < -0.39 is 0 Å². The minimum atomic E-state index is -0.241. The molecule has 82 valence electrons. The molecule has 0 radical (unpaired) electrons. The van der Waals surface area contributed by atoms with Crippen molar-refractivity contribution in [1.82, 2.24) is 0 Å². The molecule has 0 aliphatic carbocycles. The van der Waals surface area contributed by atoms with Crippen LogP contribution in [0.4, 0.5) is 0 Å². The molecule has 0 aromatic heterocycles. The van der Waals surface area contributed by atoms with Gasteiger partial charge in [-0.25, -0.2) is 0 Å². The molecule has 3 heteroatoms. The van der Waals surface area contributed by atoms with Gasteiger partial charge >= 0.3 is 0 Å². The Hall–Kier alpha value is -0.510. The van der Waals surface area contributed by atoms with Gasteiger partial charge in [-0.2, -0.15) is 0 Å². The fourth-order valence-corrected chi connectivity index (χ4v) is 3.23. The van der Waals surface area contributed by atoms with Gasteiger partial charge in [-0.05, 0) is 12.0 Å². The van der Waals surface area contributed by atoms with Crippen molar-refractivity contribution in [2.45, 2.75) is 24.4 Å². The van der Waals surface area contributed by atoms with Crippen LogP contribution in [0.1, 0.15) is 18.9 Å².